The van der Waals surface area contributed by atoms with E-state index in [1.807, 2.05) is 34.9 Å². The summed E-state index contributed by atoms with van der Waals surface area (Å²) in [5.41, 5.74) is 6.86. The third kappa shape index (κ3) is 3.15. The molecule has 5 heterocycles. The molecule has 0 saturated carbocycles. The monoisotopic (exact) mass is 462 g/mol. The number of hydrogen-bond donors (Lipinski definition) is 1. The minimum atomic E-state index is 0.385. The highest BCUT2D eigenvalue weighted by Crippen LogP contribution is 2.41. The molecule has 3 aromatic heterocycles. The van der Waals surface area contributed by atoms with Crippen LogP contribution < -0.4 is 9.64 Å². The van der Waals surface area contributed by atoms with E-state index >= 15 is 0 Å². The molecule has 1 saturated heterocycles. The summed E-state index contributed by atoms with van der Waals surface area (Å²) in [6.45, 7) is 11.5. The van der Waals surface area contributed by atoms with Crippen LogP contribution >= 0.6 is 0 Å². The van der Waals surface area contributed by atoms with Crippen molar-refractivity contribution < 1.29 is 4.74 Å². The van der Waals surface area contributed by atoms with Crippen LogP contribution in [0.1, 0.15) is 0 Å². The van der Waals surface area contributed by atoms with Crippen molar-refractivity contribution in [2.24, 2.45) is 0 Å². The number of ether oxygens (including phenoxy) is 1. The van der Waals surface area contributed by atoms with Gasteiger partial charge in [-0.3, -0.25) is 9.50 Å². The Hall–Kier alpha value is -4.42. The summed E-state index contributed by atoms with van der Waals surface area (Å²) in [6, 6.07) is 14.6. The van der Waals surface area contributed by atoms with Gasteiger partial charge in [0, 0.05) is 36.8 Å². The third-order valence-corrected chi connectivity index (χ3v) is 7.07. The Morgan fingerprint density at radius 3 is 2.97 bits per heavy atom. The number of aromatic amines is 1. The first kappa shape index (κ1) is 20.0. The number of pyridine rings is 1. The first-order chi connectivity index (χ1) is 17.2. The summed E-state index contributed by atoms with van der Waals surface area (Å²) in [6.07, 6.45) is 3.57. The van der Waals surface area contributed by atoms with Crippen molar-refractivity contribution in [2.45, 2.75) is 6.04 Å². The number of rotatable bonds is 2. The van der Waals surface area contributed by atoms with E-state index in [0.29, 0.717) is 18.3 Å². The molecule has 2 aliphatic heterocycles. The zero-order valence-electron chi connectivity index (χ0n) is 19.1. The smallest absolute Gasteiger partial charge is 0.197 e. The van der Waals surface area contributed by atoms with E-state index in [2.05, 4.69) is 60.3 Å². The molecule has 35 heavy (non-hydrogen) atoms. The van der Waals surface area contributed by atoms with Crippen LogP contribution in [0.2, 0.25) is 0 Å². The lowest BCUT2D eigenvalue weighted by atomic mass is 9.99. The normalized spacial score (nSPS) is 17.7. The van der Waals surface area contributed by atoms with Gasteiger partial charge in [0.1, 0.15) is 18.7 Å². The van der Waals surface area contributed by atoms with Crippen LogP contribution in [0.25, 0.3) is 43.8 Å². The lowest BCUT2D eigenvalue weighted by Gasteiger charge is -2.44. The third-order valence-electron chi connectivity index (χ3n) is 7.07. The van der Waals surface area contributed by atoms with Gasteiger partial charge >= 0.3 is 0 Å². The van der Waals surface area contributed by atoms with Gasteiger partial charge in [0.25, 0.3) is 0 Å². The molecule has 1 N–H and O–H groups in total. The number of hydrogen-bond acceptors (Lipinski definition) is 6. The van der Waals surface area contributed by atoms with Gasteiger partial charge in [0.05, 0.1) is 29.5 Å². The van der Waals surface area contributed by atoms with Crippen molar-refractivity contribution in [3.63, 3.8) is 0 Å². The molecule has 5 aromatic rings. The van der Waals surface area contributed by atoms with E-state index in [1.54, 1.807) is 6.33 Å². The molecule has 9 heteroatoms. The standard InChI is InChI=1S/C26H22N8O/c1-27-21-12-22-20(11-19(21)16-5-6-33-15-28-30-25(33)10-16)26(31-29-22)17-3-4-23-24(9-17)35-14-18-13-32(2)7-8-34(18)23/h3-6,9-12,15,18H,7-8,13-14H2,2H3,(H,29,31). The molecule has 172 valence electrons. The van der Waals surface area contributed by atoms with Crippen LogP contribution in [0.5, 0.6) is 5.75 Å². The van der Waals surface area contributed by atoms with E-state index < -0.39 is 0 Å². The number of nitrogens with one attached hydrogen (secondary N) is 1. The topological polar surface area (TPSA) is 78.9 Å². The van der Waals surface area contributed by atoms with Crippen molar-refractivity contribution in [3.05, 3.63) is 66.4 Å². The average Bonchev–Trinajstić information content (AvgIpc) is 3.53. The van der Waals surface area contributed by atoms with Gasteiger partial charge in [-0.25, -0.2) is 4.85 Å². The lowest BCUT2D eigenvalue weighted by molar-refractivity contribution is 0.188. The molecule has 7 rings (SSSR count). The molecule has 0 amide bonds. The Morgan fingerprint density at radius 2 is 2.06 bits per heavy atom. The predicted molar refractivity (Wildman–Crippen MR) is 134 cm³/mol. The number of anilines is 1. The van der Waals surface area contributed by atoms with Crippen LogP contribution in [-0.2, 0) is 0 Å². The second-order valence-corrected chi connectivity index (χ2v) is 9.21. The molecule has 0 radical (unpaired) electrons. The summed E-state index contributed by atoms with van der Waals surface area (Å²) in [5, 5.41) is 16.8. The second-order valence-electron chi connectivity index (χ2n) is 9.21. The fraction of sp³-hybridized carbons (Fsp3) is 0.231. The maximum absolute atomic E-state index is 7.74. The largest absolute Gasteiger partial charge is 0.489 e. The summed E-state index contributed by atoms with van der Waals surface area (Å²) in [5.74, 6) is 0.898. The number of nitrogens with zero attached hydrogens (tertiary/aromatic N) is 7. The van der Waals surface area contributed by atoms with Gasteiger partial charge in [-0.2, -0.15) is 5.10 Å². The second kappa shape index (κ2) is 7.55. The van der Waals surface area contributed by atoms with E-state index in [4.69, 9.17) is 11.3 Å². The van der Waals surface area contributed by atoms with Crippen molar-refractivity contribution in [1.29, 1.82) is 0 Å². The highest BCUT2D eigenvalue weighted by Gasteiger charge is 2.32. The number of benzene rings is 2. The van der Waals surface area contributed by atoms with Gasteiger partial charge in [-0.1, -0.05) is 12.1 Å². The molecule has 0 spiro atoms. The summed E-state index contributed by atoms with van der Waals surface area (Å²) in [7, 11) is 2.16. The molecular formula is C26H22N8O. The Balaban J connectivity index is 1.32. The molecular weight excluding hydrogens is 440 g/mol. The predicted octanol–water partition coefficient (Wildman–Crippen LogP) is 4.00. The Bertz CT molecular complexity index is 1640. The van der Waals surface area contributed by atoms with Gasteiger partial charge in [0.15, 0.2) is 11.3 Å². The molecule has 2 aliphatic rings. The van der Waals surface area contributed by atoms with E-state index in [9.17, 15) is 0 Å². The zero-order valence-corrected chi connectivity index (χ0v) is 19.1. The number of aromatic nitrogens is 5. The molecule has 9 nitrogen and oxygen atoms in total. The average molecular weight is 463 g/mol. The summed E-state index contributed by atoms with van der Waals surface area (Å²) < 4.78 is 8.04. The molecule has 0 bridgehead atoms. The van der Waals surface area contributed by atoms with Crippen molar-refractivity contribution in [2.75, 3.05) is 38.2 Å². The maximum Gasteiger partial charge on any atom is 0.197 e. The fourth-order valence-electron chi connectivity index (χ4n) is 5.25. The van der Waals surface area contributed by atoms with E-state index in [0.717, 1.165) is 70.0 Å². The lowest BCUT2D eigenvalue weighted by Crippen LogP contribution is -2.56. The fourth-order valence-corrected chi connectivity index (χ4v) is 5.25. The van der Waals surface area contributed by atoms with Crippen molar-refractivity contribution in [1.82, 2.24) is 29.7 Å². The van der Waals surface area contributed by atoms with Crippen molar-refractivity contribution in [3.8, 4) is 28.1 Å². The van der Waals surface area contributed by atoms with Crippen LogP contribution in [0.4, 0.5) is 11.4 Å². The van der Waals surface area contributed by atoms with Crippen LogP contribution in [0.3, 0.4) is 0 Å². The number of likely N-dealkylation sites (N-methyl/N-ethyl adjacent to an activating group) is 1. The minimum Gasteiger partial charge on any atom is -0.489 e. The summed E-state index contributed by atoms with van der Waals surface area (Å²) >= 11 is 0. The minimum absolute atomic E-state index is 0.385. The van der Waals surface area contributed by atoms with Gasteiger partial charge in [0.2, 0.25) is 0 Å². The Kier molecular flexibility index (Phi) is 4.31. The van der Waals surface area contributed by atoms with Crippen LogP contribution in [0.15, 0.2) is 55.0 Å². The summed E-state index contributed by atoms with van der Waals surface area (Å²) in [4.78, 5) is 8.60. The SMILES string of the molecule is [C-]#[N+]c1cc2[nH]nc(-c3ccc4c(c3)OCC3CN(C)CCN43)c2cc1-c1ccn2cnnc2c1. The van der Waals surface area contributed by atoms with Crippen LogP contribution in [0, 0.1) is 6.57 Å². The molecule has 1 unspecified atom stereocenters. The quantitative estimate of drug-likeness (QED) is 0.400. The van der Waals surface area contributed by atoms with E-state index in [1.165, 1.54) is 0 Å². The number of H-pyrrole nitrogens is 1. The highest BCUT2D eigenvalue weighted by atomic mass is 16.5. The Morgan fingerprint density at radius 1 is 1.11 bits per heavy atom. The Labute approximate surface area is 201 Å². The van der Waals surface area contributed by atoms with Gasteiger partial charge in [-0.05, 0) is 48.5 Å². The molecule has 1 atom stereocenters. The molecule has 1 fully saturated rings. The highest BCUT2D eigenvalue weighted by molar-refractivity contribution is 6.00. The number of piperazine rings is 1. The van der Waals surface area contributed by atoms with Gasteiger partial charge < -0.3 is 14.5 Å². The van der Waals surface area contributed by atoms with Crippen LogP contribution in [-0.4, -0.2) is 69.0 Å². The first-order valence-electron chi connectivity index (χ1n) is 11.6. The zero-order chi connectivity index (χ0) is 23.5. The first-order valence-corrected chi connectivity index (χ1v) is 11.6. The van der Waals surface area contributed by atoms with Gasteiger partial charge in [-0.15, -0.1) is 10.2 Å². The van der Waals surface area contributed by atoms with E-state index in [-0.39, 0.29) is 0 Å². The maximum atomic E-state index is 7.74. The molecule has 2 aromatic carbocycles. The molecule has 0 aliphatic carbocycles. The van der Waals surface area contributed by atoms with Crippen molar-refractivity contribution >= 4 is 27.9 Å². The number of fused-ring (bicyclic) bond motifs is 5.